The number of furan rings is 1. The summed E-state index contributed by atoms with van der Waals surface area (Å²) in [6.45, 7) is 0. The van der Waals surface area contributed by atoms with E-state index in [1.165, 1.54) is 36.2 Å². The van der Waals surface area contributed by atoms with Gasteiger partial charge in [-0.25, -0.2) is 4.39 Å². The van der Waals surface area contributed by atoms with E-state index < -0.39 is 17.6 Å². The molecule has 1 aromatic heterocycles. The summed E-state index contributed by atoms with van der Waals surface area (Å²) in [7, 11) is 0. The molecule has 0 aliphatic rings. The standard InChI is InChI=1S/C28H21BrFN3O4S/c29-19-11-12-24(23(30)14-19)32-26(34)17-38-22-10-4-8-20(15-22)31-28(36)25(16-21-9-5-13-37-21)33-27(35)18-6-2-1-3-7-18/h1-16H,17H2,(H,31,36)(H,32,34)(H,33,35)/b25-16-. The van der Waals surface area contributed by atoms with E-state index in [2.05, 4.69) is 31.9 Å². The van der Waals surface area contributed by atoms with Crippen LogP contribution < -0.4 is 16.0 Å². The summed E-state index contributed by atoms with van der Waals surface area (Å²) in [5.41, 5.74) is 0.931. The average Bonchev–Trinajstić information content (AvgIpc) is 3.43. The molecule has 0 radical (unpaired) electrons. The molecule has 4 rings (SSSR count). The molecule has 3 amide bonds. The number of amides is 3. The smallest absolute Gasteiger partial charge is 0.272 e. The molecule has 0 atom stereocenters. The molecule has 7 nitrogen and oxygen atoms in total. The first-order valence-corrected chi connectivity index (χ1v) is 13.1. The Morgan fingerprint density at radius 1 is 0.921 bits per heavy atom. The van der Waals surface area contributed by atoms with Crippen LogP contribution in [0.25, 0.3) is 6.08 Å². The van der Waals surface area contributed by atoms with Crippen LogP contribution in [-0.2, 0) is 9.59 Å². The maximum atomic E-state index is 14.0. The highest BCUT2D eigenvalue weighted by Crippen LogP contribution is 2.24. The highest BCUT2D eigenvalue weighted by Gasteiger charge is 2.16. The zero-order valence-electron chi connectivity index (χ0n) is 19.7. The second-order valence-electron chi connectivity index (χ2n) is 7.84. The third kappa shape index (κ3) is 7.67. The molecule has 0 spiro atoms. The number of thioether (sulfide) groups is 1. The van der Waals surface area contributed by atoms with Gasteiger partial charge < -0.3 is 20.4 Å². The molecule has 3 N–H and O–H groups in total. The van der Waals surface area contributed by atoms with Crippen LogP contribution in [0.5, 0.6) is 0 Å². The Hall–Kier alpha value is -4.15. The van der Waals surface area contributed by atoms with E-state index in [9.17, 15) is 18.8 Å². The van der Waals surface area contributed by atoms with Crippen molar-refractivity contribution in [3.63, 3.8) is 0 Å². The third-order valence-electron chi connectivity index (χ3n) is 5.03. The van der Waals surface area contributed by atoms with Crippen molar-refractivity contribution in [3.8, 4) is 0 Å². The molecule has 0 unspecified atom stereocenters. The number of rotatable bonds is 9. The minimum absolute atomic E-state index is 0.0113. The van der Waals surface area contributed by atoms with Crippen molar-refractivity contribution in [1.82, 2.24) is 5.32 Å². The van der Waals surface area contributed by atoms with Gasteiger partial charge in [-0.1, -0.05) is 40.2 Å². The summed E-state index contributed by atoms with van der Waals surface area (Å²) in [5.74, 6) is -1.50. The van der Waals surface area contributed by atoms with Gasteiger partial charge in [0.25, 0.3) is 11.8 Å². The highest BCUT2D eigenvalue weighted by atomic mass is 79.9. The summed E-state index contributed by atoms with van der Waals surface area (Å²) in [6, 6.07) is 23.1. The van der Waals surface area contributed by atoms with Crippen molar-refractivity contribution in [2.75, 3.05) is 16.4 Å². The molecule has 0 aliphatic carbocycles. The number of carbonyl (C=O) groups excluding carboxylic acids is 3. The monoisotopic (exact) mass is 593 g/mol. The Bertz CT molecular complexity index is 1480. The van der Waals surface area contributed by atoms with E-state index in [0.717, 1.165) is 0 Å². The van der Waals surface area contributed by atoms with Crippen LogP contribution in [0, 0.1) is 5.82 Å². The van der Waals surface area contributed by atoms with Gasteiger partial charge in [-0.15, -0.1) is 11.8 Å². The topological polar surface area (TPSA) is 100 Å². The fourth-order valence-electron chi connectivity index (χ4n) is 3.25. The highest BCUT2D eigenvalue weighted by molar-refractivity contribution is 9.10. The molecule has 0 fully saturated rings. The summed E-state index contributed by atoms with van der Waals surface area (Å²) in [6.07, 6.45) is 2.89. The largest absolute Gasteiger partial charge is 0.465 e. The Morgan fingerprint density at radius 2 is 1.74 bits per heavy atom. The molecular formula is C28H21BrFN3O4S. The summed E-state index contributed by atoms with van der Waals surface area (Å²) in [5, 5.41) is 7.94. The zero-order chi connectivity index (χ0) is 26.9. The number of carbonyl (C=O) groups is 3. The maximum absolute atomic E-state index is 14.0. The van der Waals surface area contributed by atoms with Crippen LogP contribution in [-0.4, -0.2) is 23.5 Å². The van der Waals surface area contributed by atoms with Crippen LogP contribution in [0.15, 0.2) is 111 Å². The Kier molecular flexibility index (Phi) is 9.12. The van der Waals surface area contributed by atoms with Crippen LogP contribution in [0.3, 0.4) is 0 Å². The lowest BCUT2D eigenvalue weighted by Crippen LogP contribution is -2.30. The number of hydrogen-bond acceptors (Lipinski definition) is 5. The zero-order valence-corrected chi connectivity index (χ0v) is 22.1. The second kappa shape index (κ2) is 12.9. The second-order valence-corrected chi connectivity index (χ2v) is 9.80. The van der Waals surface area contributed by atoms with E-state index in [0.29, 0.717) is 26.4 Å². The van der Waals surface area contributed by atoms with Gasteiger partial charge in [-0.05, 0) is 60.7 Å². The number of benzene rings is 3. The Labute approximate surface area is 230 Å². The molecule has 4 aromatic rings. The van der Waals surface area contributed by atoms with Crippen LogP contribution in [0.1, 0.15) is 16.1 Å². The molecule has 0 aliphatic heterocycles. The van der Waals surface area contributed by atoms with Crippen LogP contribution in [0.2, 0.25) is 0 Å². The van der Waals surface area contributed by atoms with Crippen molar-refractivity contribution >= 4 is 62.9 Å². The van der Waals surface area contributed by atoms with Crippen LogP contribution >= 0.6 is 27.7 Å². The molecule has 3 aromatic carbocycles. The number of hydrogen-bond donors (Lipinski definition) is 3. The molecule has 192 valence electrons. The van der Waals surface area contributed by atoms with Crippen molar-refractivity contribution in [2.24, 2.45) is 0 Å². The first-order chi connectivity index (χ1) is 18.4. The molecule has 0 saturated heterocycles. The Balaban J connectivity index is 1.41. The lowest BCUT2D eigenvalue weighted by molar-refractivity contribution is -0.114. The van der Waals surface area contributed by atoms with E-state index in [-0.39, 0.29) is 23.0 Å². The Morgan fingerprint density at radius 3 is 2.47 bits per heavy atom. The van der Waals surface area contributed by atoms with Gasteiger partial charge in [0.15, 0.2) is 0 Å². The van der Waals surface area contributed by atoms with Gasteiger partial charge in [0.1, 0.15) is 17.3 Å². The summed E-state index contributed by atoms with van der Waals surface area (Å²) >= 11 is 4.40. The van der Waals surface area contributed by atoms with Gasteiger partial charge in [0.2, 0.25) is 5.91 Å². The van der Waals surface area contributed by atoms with Crippen molar-refractivity contribution in [3.05, 3.63) is 119 Å². The fraction of sp³-hybridized carbons (Fsp3) is 0.0357. The van der Waals surface area contributed by atoms with Crippen LogP contribution in [0.4, 0.5) is 15.8 Å². The quantitative estimate of drug-likeness (QED) is 0.156. The third-order valence-corrected chi connectivity index (χ3v) is 6.51. The van der Waals surface area contributed by atoms with Crippen molar-refractivity contribution in [1.29, 1.82) is 0 Å². The SMILES string of the molecule is O=C(CSc1cccc(NC(=O)/C(=C/c2ccco2)NC(=O)c2ccccc2)c1)Nc1ccc(Br)cc1F. The molecule has 0 saturated carbocycles. The number of halogens is 2. The van der Waals surface area contributed by atoms with E-state index in [1.54, 1.807) is 72.8 Å². The van der Waals surface area contributed by atoms with Gasteiger partial charge >= 0.3 is 0 Å². The van der Waals surface area contributed by atoms with Gasteiger partial charge in [-0.2, -0.15) is 0 Å². The van der Waals surface area contributed by atoms with Gasteiger partial charge in [0, 0.05) is 26.7 Å². The molecule has 1 heterocycles. The first kappa shape index (κ1) is 26.9. The predicted octanol–water partition coefficient (Wildman–Crippen LogP) is 6.32. The van der Waals surface area contributed by atoms with Crippen molar-refractivity contribution in [2.45, 2.75) is 4.90 Å². The summed E-state index contributed by atoms with van der Waals surface area (Å²) in [4.78, 5) is 38.8. The normalized spacial score (nSPS) is 11.1. The minimum atomic E-state index is -0.559. The molecule has 0 bridgehead atoms. The van der Waals surface area contributed by atoms with Crippen molar-refractivity contribution < 1.29 is 23.2 Å². The lowest BCUT2D eigenvalue weighted by Gasteiger charge is -2.12. The predicted molar refractivity (Wildman–Crippen MR) is 149 cm³/mol. The fourth-order valence-corrected chi connectivity index (χ4v) is 4.33. The lowest BCUT2D eigenvalue weighted by atomic mass is 10.2. The van der Waals surface area contributed by atoms with E-state index >= 15 is 0 Å². The first-order valence-electron chi connectivity index (χ1n) is 11.3. The minimum Gasteiger partial charge on any atom is -0.465 e. The average molecular weight is 594 g/mol. The van der Waals surface area contributed by atoms with Gasteiger partial charge in [0.05, 0.1) is 17.7 Å². The van der Waals surface area contributed by atoms with Gasteiger partial charge in [-0.3, -0.25) is 14.4 Å². The van der Waals surface area contributed by atoms with E-state index in [4.69, 9.17) is 4.42 Å². The molecule has 38 heavy (non-hydrogen) atoms. The maximum Gasteiger partial charge on any atom is 0.272 e. The number of anilines is 2. The number of nitrogens with one attached hydrogen (secondary N) is 3. The molecular weight excluding hydrogens is 573 g/mol. The van der Waals surface area contributed by atoms with E-state index in [1.807, 2.05) is 0 Å². The summed E-state index contributed by atoms with van der Waals surface area (Å²) < 4.78 is 19.9. The molecule has 10 heteroatoms.